The van der Waals surface area contributed by atoms with Gasteiger partial charge >= 0.3 is 6.03 Å². The van der Waals surface area contributed by atoms with Gasteiger partial charge in [0.15, 0.2) is 0 Å². The predicted octanol–water partition coefficient (Wildman–Crippen LogP) is 3.01. The van der Waals surface area contributed by atoms with Crippen molar-refractivity contribution < 1.29 is 15.0 Å². The van der Waals surface area contributed by atoms with E-state index in [-0.39, 0.29) is 18.4 Å². The molecule has 6 heteroatoms. The first kappa shape index (κ1) is 18.1. The monoisotopic (exact) mass is 348 g/mol. The Morgan fingerprint density at radius 1 is 1.08 bits per heavy atom. The van der Waals surface area contributed by atoms with Crippen LogP contribution >= 0.6 is 11.6 Å². The zero-order chi connectivity index (χ0) is 17.4. The van der Waals surface area contributed by atoms with Gasteiger partial charge in [-0.3, -0.25) is 0 Å². The summed E-state index contributed by atoms with van der Waals surface area (Å²) in [5.41, 5.74) is 1.89. The van der Waals surface area contributed by atoms with E-state index in [0.717, 1.165) is 24.0 Å². The molecule has 0 aliphatic heterocycles. The van der Waals surface area contributed by atoms with Gasteiger partial charge in [-0.15, -0.1) is 0 Å². The van der Waals surface area contributed by atoms with Crippen LogP contribution in [0.25, 0.3) is 0 Å². The number of amides is 2. The average molecular weight is 349 g/mol. The molecule has 0 saturated carbocycles. The van der Waals surface area contributed by atoms with E-state index in [4.69, 9.17) is 11.6 Å². The van der Waals surface area contributed by atoms with Crippen molar-refractivity contribution in [2.45, 2.75) is 18.9 Å². The summed E-state index contributed by atoms with van der Waals surface area (Å²) in [6.45, 7) is 0.327. The van der Waals surface area contributed by atoms with Gasteiger partial charge in [-0.05, 0) is 48.2 Å². The number of hydrogen-bond donors (Lipinski definition) is 4. The van der Waals surface area contributed by atoms with E-state index in [0.29, 0.717) is 11.6 Å². The van der Waals surface area contributed by atoms with Crippen molar-refractivity contribution in [3.05, 3.63) is 64.7 Å². The third-order valence-electron chi connectivity index (χ3n) is 3.62. The third-order valence-corrected chi connectivity index (χ3v) is 3.88. The Bertz CT molecular complexity index is 644. The fourth-order valence-electron chi connectivity index (χ4n) is 2.30. The minimum Gasteiger partial charge on any atom is -0.508 e. The van der Waals surface area contributed by atoms with Crippen LogP contribution in [0.2, 0.25) is 5.02 Å². The number of nitrogens with one attached hydrogen (secondary N) is 2. The van der Waals surface area contributed by atoms with Gasteiger partial charge in [0.25, 0.3) is 0 Å². The van der Waals surface area contributed by atoms with Crippen molar-refractivity contribution >= 4 is 17.6 Å². The summed E-state index contributed by atoms with van der Waals surface area (Å²) in [4.78, 5) is 11.9. The van der Waals surface area contributed by atoms with Gasteiger partial charge in [-0.2, -0.15) is 0 Å². The number of phenols is 1. The maximum absolute atomic E-state index is 11.9. The zero-order valence-corrected chi connectivity index (χ0v) is 14.0. The molecule has 0 aromatic heterocycles. The Hall–Kier alpha value is -2.24. The number of aryl methyl sites for hydroxylation is 1. The molecule has 4 N–H and O–H groups in total. The summed E-state index contributed by atoms with van der Waals surface area (Å²) in [6.07, 6.45) is 1.59. The molecule has 2 aromatic carbocycles. The van der Waals surface area contributed by atoms with Crippen molar-refractivity contribution in [2.75, 3.05) is 13.2 Å². The molecule has 2 amide bonds. The van der Waals surface area contributed by atoms with Crippen molar-refractivity contribution in [1.29, 1.82) is 0 Å². The average Bonchev–Trinajstić information content (AvgIpc) is 2.59. The van der Waals surface area contributed by atoms with Gasteiger partial charge in [0.2, 0.25) is 0 Å². The third kappa shape index (κ3) is 5.76. The molecule has 0 fully saturated rings. The Labute approximate surface area is 146 Å². The Kier molecular flexibility index (Phi) is 6.90. The van der Waals surface area contributed by atoms with E-state index in [2.05, 4.69) is 10.6 Å². The maximum atomic E-state index is 11.9. The van der Waals surface area contributed by atoms with Crippen LogP contribution in [0.1, 0.15) is 23.6 Å². The fraction of sp³-hybridized carbons (Fsp3) is 0.278. The molecule has 24 heavy (non-hydrogen) atoms. The lowest BCUT2D eigenvalue weighted by atomic mass is 10.1. The first-order valence-electron chi connectivity index (χ1n) is 7.77. The highest BCUT2D eigenvalue weighted by Crippen LogP contribution is 2.16. The van der Waals surface area contributed by atoms with Crippen molar-refractivity contribution in [3.8, 4) is 5.75 Å². The van der Waals surface area contributed by atoms with Gasteiger partial charge in [0.1, 0.15) is 5.75 Å². The molecule has 0 bridgehead atoms. The van der Waals surface area contributed by atoms with Crippen molar-refractivity contribution in [2.24, 2.45) is 0 Å². The molecule has 1 atom stereocenters. The van der Waals surface area contributed by atoms with Gasteiger partial charge < -0.3 is 20.8 Å². The van der Waals surface area contributed by atoms with Crippen LogP contribution < -0.4 is 10.6 Å². The fourth-order valence-corrected chi connectivity index (χ4v) is 2.42. The van der Waals surface area contributed by atoms with Crippen LogP contribution in [0.4, 0.5) is 4.79 Å². The number of halogens is 1. The molecular formula is C18H21ClN2O3. The Morgan fingerprint density at radius 3 is 2.38 bits per heavy atom. The number of rotatable bonds is 7. The topological polar surface area (TPSA) is 81.6 Å². The van der Waals surface area contributed by atoms with Gasteiger partial charge in [0, 0.05) is 11.6 Å². The number of hydrogen-bond acceptors (Lipinski definition) is 3. The molecule has 0 heterocycles. The SMILES string of the molecule is O=C(NCCCc1ccc(O)cc1)NC(CO)c1ccc(Cl)cc1. The zero-order valence-electron chi connectivity index (χ0n) is 13.2. The van der Waals surface area contributed by atoms with Crippen molar-refractivity contribution in [1.82, 2.24) is 10.6 Å². The van der Waals surface area contributed by atoms with Crippen LogP contribution in [-0.2, 0) is 6.42 Å². The second-order valence-corrected chi connectivity index (χ2v) is 5.89. The summed E-state index contributed by atoms with van der Waals surface area (Å²) in [5, 5.41) is 24.8. The summed E-state index contributed by atoms with van der Waals surface area (Å²) in [5.74, 6) is 0.244. The van der Waals surface area contributed by atoms with Crippen LogP contribution in [0, 0.1) is 0 Å². The van der Waals surface area contributed by atoms with Crippen LogP contribution in [-0.4, -0.2) is 29.4 Å². The van der Waals surface area contributed by atoms with Crippen molar-refractivity contribution in [3.63, 3.8) is 0 Å². The first-order valence-corrected chi connectivity index (χ1v) is 8.15. The molecule has 128 valence electrons. The molecule has 2 aromatic rings. The molecule has 0 aliphatic rings. The lowest BCUT2D eigenvalue weighted by Gasteiger charge is -2.17. The summed E-state index contributed by atoms with van der Waals surface area (Å²) < 4.78 is 0. The highest BCUT2D eigenvalue weighted by atomic mass is 35.5. The first-order chi connectivity index (χ1) is 11.6. The molecule has 0 radical (unpaired) electrons. The van der Waals surface area contributed by atoms with Crippen LogP contribution in [0.5, 0.6) is 5.75 Å². The molecule has 0 spiro atoms. The minimum absolute atomic E-state index is 0.192. The minimum atomic E-state index is -0.473. The normalized spacial score (nSPS) is 11.8. The highest BCUT2D eigenvalue weighted by molar-refractivity contribution is 6.30. The summed E-state index contributed by atoms with van der Waals surface area (Å²) in [7, 11) is 0. The lowest BCUT2D eigenvalue weighted by Crippen LogP contribution is -2.39. The number of carbonyl (C=O) groups is 1. The molecule has 5 nitrogen and oxygen atoms in total. The van der Waals surface area contributed by atoms with Gasteiger partial charge in [0.05, 0.1) is 12.6 Å². The number of aromatic hydroxyl groups is 1. The van der Waals surface area contributed by atoms with Gasteiger partial charge in [-0.1, -0.05) is 35.9 Å². The molecule has 0 saturated heterocycles. The van der Waals surface area contributed by atoms with Crippen LogP contribution in [0.3, 0.4) is 0 Å². The number of phenolic OH excluding ortho intramolecular Hbond substituents is 1. The highest BCUT2D eigenvalue weighted by Gasteiger charge is 2.13. The summed E-state index contributed by atoms with van der Waals surface area (Å²) >= 11 is 5.83. The largest absolute Gasteiger partial charge is 0.508 e. The van der Waals surface area contributed by atoms with E-state index in [1.807, 2.05) is 12.1 Å². The number of urea groups is 1. The number of benzene rings is 2. The number of carbonyl (C=O) groups excluding carboxylic acids is 1. The number of aliphatic hydroxyl groups is 1. The smallest absolute Gasteiger partial charge is 0.315 e. The quantitative estimate of drug-likeness (QED) is 0.580. The Balaban J connectivity index is 1.73. The standard InChI is InChI=1S/C18H21ClN2O3/c19-15-7-5-14(6-8-15)17(12-22)21-18(24)20-11-1-2-13-3-9-16(23)10-4-13/h3-10,17,22-23H,1-2,11-12H2,(H2,20,21,24). The Morgan fingerprint density at radius 2 is 1.75 bits per heavy atom. The van der Waals surface area contributed by atoms with Gasteiger partial charge in [-0.25, -0.2) is 4.79 Å². The second-order valence-electron chi connectivity index (χ2n) is 5.46. The molecule has 0 aliphatic carbocycles. The molecular weight excluding hydrogens is 328 g/mol. The maximum Gasteiger partial charge on any atom is 0.315 e. The van der Waals surface area contributed by atoms with E-state index in [1.165, 1.54) is 0 Å². The van der Waals surface area contributed by atoms with E-state index in [9.17, 15) is 15.0 Å². The lowest BCUT2D eigenvalue weighted by molar-refractivity contribution is 0.217. The number of aliphatic hydroxyl groups excluding tert-OH is 1. The molecule has 2 rings (SSSR count). The van der Waals surface area contributed by atoms with E-state index in [1.54, 1.807) is 36.4 Å². The predicted molar refractivity (Wildman–Crippen MR) is 94.2 cm³/mol. The van der Waals surface area contributed by atoms with Crippen LogP contribution in [0.15, 0.2) is 48.5 Å². The van der Waals surface area contributed by atoms with E-state index < -0.39 is 6.04 Å². The summed E-state index contributed by atoms with van der Waals surface area (Å²) in [6, 6.07) is 13.2. The second kappa shape index (κ2) is 9.15. The van der Waals surface area contributed by atoms with E-state index >= 15 is 0 Å². The molecule has 1 unspecified atom stereocenters.